The number of nitrogens with zero attached hydrogens (tertiary/aromatic N) is 1. The van der Waals surface area contributed by atoms with E-state index in [0.717, 1.165) is 24.4 Å². The highest BCUT2D eigenvalue weighted by molar-refractivity contribution is 5.79. The minimum absolute atomic E-state index is 0.0950. The van der Waals surface area contributed by atoms with Crippen LogP contribution < -0.4 is 10.6 Å². The molecule has 0 aliphatic carbocycles. The van der Waals surface area contributed by atoms with Gasteiger partial charge in [0.15, 0.2) is 0 Å². The fourth-order valence-electron chi connectivity index (χ4n) is 2.75. The molecule has 1 amide bonds. The van der Waals surface area contributed by atoms with Crippen LogP contribution in [-0.4, -0.2) is 24.1 Å². The molecule has 1 aromatic carbocycles. The molecule has 1 aliphatic heterocycles. The highest BCUT2D eigenvalue weighted by Crippen LogP contribution is 2.37. The Bertz CT molecular complexity index is 867. The SMILES string of the molecule is O=C(NCc1ncc(Nc2c(F)cccc2C(F)(F)F)cc1F)[C@@H]1CCOC1. The van der Waals surface area contributed by atoms with Crippen molar-refractivity contribution in [1.29, 1.82) is 0 Å². The molecule has 150 valence electrons. The molecule has 2 N–H and O–H groups in total. The van der Waals surface area contributed by atoms with E-state index in [0.29, 0.717) is 25.7 Å². The van der Waals surface area contributed by atoms with E-state index in [-0.39, 0.29) is 29.8 Å². The van der Waals surface area contributed by atoms with Gasteiger partial charge in [0.1, 0.15) is 11.6 Å². The van der Waals surface area contributed by atoms with Crippen molar-refractivity contribution in [2.45, 2.75) is 19.1 Å². The summed E-state index contributed by atoms with van der Waals surface area (Å²) in [5, 5.41) is 4.76. The first-order valence-electron chi connectivity index (χ1n) is 8.38. The van der Waals surface area contributed by atoms with Crippen LogP contribution in [-0.2, 0) is 22.3 Å². The highest BCUT2D eigenvalue weighted by atomic mass is 19.4. The number of para-hydroxylation sites is 1. The summed E-state index contributed by atoms with van der Waals surface area (Å²) in [7, 11) is 0. The van der Waals surface area contributed by atoms with Crippen molar-refractivity contribution in [2.24, 2.45) is 5.92 Å². The zero-order valence-electron chi connectivity index (χ0n) is 14.4. The van der Waals surface area contributed by atoms with Crippen molar-refractivity contribution in [3.63, 3.8) is 0 Å². The van der Waals surface area contributed by atoms with E-state index in [1.54, 1.807) is 0 Å². The molecule has 28 heavy (non-hydrogen) atoms. The van der Waals surface area contributed by atoms with Gasteiger partial charge in [0.2, 0.25) is 5.91 Å². The van der Waals surface area contributed by atoms with Gasteiger partial charge in [-0.05, 0) is 18.6 Å². The van der Waals surface area contributed by atoms with Crippen LogP contribution in [0.4, 0.5) is 33.3 Å². The second-order valence-corrected chi connectivity index (χ2v) is 6.22. The van der Waals surface area contributed by atoms with Gasteiger partial charge in [-0.25, -0.2) is 8.78 Å². The maximum absolute atomic E-state index is 14.2. The van der Waals surface area contributed by atoms with Crippen LogP contribution in [0.15, 0.2) is 30.5 Å². The smallest absolute Gasteiger partial charge is 0.381 e. The van der Waals surface area contributed by atoms with Crippen molar-refractivity contribution in [2.75, 3.05) is 18.5 Å². The number of anilines is 2. The third kappa shape index (κ3) is 4.56. The van der Waals surface area contributed by atoms with Gasteiger partial charge in [-0.15, -0.1) is 0 Å². The molecule has 1 aromatic heterocycles. The van der Waals surface area contributed by atoms with Crippen LogP contribution in [0.25, 0.3) is 0 Å². The van der Waals surface area contributed by atoms with Gasteiger partial charge in [0, 0.05) is 12.7 Å². The Morgan fingerprint density at radius 1 is 1.25 bits per heavy atom. The number of hydrogen-bond donors (Lipinski definition) is 2. The van der Waals surface area contributed by atoms with E-state index < -0.39 is 29.1 Å². The minimum Gasteiger partial charge on any atom is -0.381 e. The van der Waals surface area contributed by atoms with E-state index in [1.807, 2.05) is 0 Å². The second-order valence-electron chi connectivity index (χ2n) is 6.22. The van der Waals surface area contributed by atoms with Gasteiger partial charge >= 0.3 is 6.18 Å². The first-order valence-corrected chi connectivity index (χ1v) is 8.38. The summed E-state index contributed by atoms with van der Waals surface area (Å²) in [5.41, 5.74) is -2.30. The van der Waals surface area contributed by atoms with Crippen molar-refractivity contribution >= 4 is 17.3 Å². The number of aromatic nitrogens is 1. The van der Waals surface area contributed by atoms with Gasteiger partial charge in [0.25, 0.3) is 0 Å². The van der Waals surface area contributed by atoms with Gasteiger partial charge < -0.3 is 15.4 Å². The Labute approximate surface area is 156 Å². The Morgan fingerprint density at radius 2 is 2.04 bits per heavy atom. The zero-order chi connectivity index (χ0) is 20.3. The molecule has 2 aromatic rings. The Morgan fingerprint density at radius 3 is 2.68 bits per heavy atom. The summed E-state index contributed by atoms with van der Waals surface area (Å²) in [6, 6.07) is 3.40. The van der Waals surface area contributed by atoms with Crippen LogP contribution in [0.1, 0.15) is 17.7 Å². The summed E-state index contributed by atoms with van der Waals surface area (Å²) in [6.07, 6.45) is -3.14. The van der Waals surface area contributed by atoms with Crippen molar-refractivity contribution in [3.05, 3.63) is 53.4 Å². The summed E-state index contributed by atoms with van der Waals surface area (Å²) < 4.78 is 72.3. The van der Waals surface area contributed by atoms with Crippen LogP contribution in [0.5, 0.6) is 0 Å². The monoisotopic (exact) mass is 401 g/mol. The van der Waals surface area contributed by atoms with E-state index >= 15 is 0 Å². The third-order valence-corrected chi connectivity index (χ3v) is 4.24. The highest BCUT2D eigenvalue weighted by Gasteiger charge is 2.34. The Kier molecular flexibility index (Phi) is 5.78. The van der Waals surface area contributed by atoms with Crippen LogP contribution in [0.2, 0.25) is 0 Å². The molecule has 0 radical (unpaired) electrons. The number of amides is 1. The molecule has 0 bridgehead atoms. The number of benzene rings is 1. The lowest BCUT2D eigenvalue weighted by Crippen LogP contribution is -2.31. The number of ether oxygens (including phenoxy) is 1. The standard InChI is InChI=1S/C18H16F5N3O2/c19-13-3-1-2-12(18(21,22)23)16(13)26-11-6-14(20)15(24-7-11)8-25-17(27)10-4-5-28-9-10/h1-3,6-7,10,26H,4-5,8-9H2,(H,25,27)/t10-/m1/s1. The van der Waals surface area contributed by atoms with Crippen LogP contribution in [0, 0.1) is 17.6 Å². The quantitative estimate of drug-likeness (QED) is 0.749. The summed E-state index contributed by atoms with van der Waals surface area (Å²) in [6.45, 7) is 0.602. The van der Waals surface area contributed by atoms with E-state index in [9.17, 15) is 26.7 Å². The lowest BCUT2D eigenvalue weighted by Gasteiger charge is -2.15. The molecule has 10 heteroatoms. The molecule has 5 nitrogen and oxygen atoms in total. The van der Waals surface area contributed by atoms with Crippen molar-refractivity contribution in [1.82, 2.24) is 10.3 Å². The third-order valence-electron chi connectivity index (χ3n) is 4.24. The van der Waals surface area contributed by atoms with Crippen LogP contribution >= 0.6 is 0 Å². The van der Waals surface area contributed by atoms with Crippen LogP contribution in [0.3, 0.4) is 0 Å². The van der Waals surface area contributed by atoms with Gasteiger partial charge in [-0.2, -0.15) is 13.2 Å². The predicted octanol–water partition coefficient (Wildman–Crippen LogP) is 3.77. The van der Waals surface area contributed by atoms with Gasteiger partial charge in [-0.3, -0.25) is 9.78 Å². The second kappa shape index (κ2) is 8.09. The summed E-state index contributed by atoms with van der Waals surface area (Å²) in [5.74, 6) is -2.57. The first kappa shape index (κ1) is 20.0. The number of rotatable bonds is 5. The number of pyridine rings is 1. The van der Waals surface area contributed by atoms with E-state index in [1.165, 1.54) is 0 Å². The summed E-state index contributed by atoms with van der Waals surface area (Å²) in [4.78, 5) is 15.7. The number of alkyl halides is 3. The van der Waals surface area contributed by atoms with Gasteiger partial charge in [-0.1, -0.05) is 6.07 Å². The Hall–Kier alpha value is -2.75. The fourth-order valence-corrected chi connectivity index (χ4v) is 2.75. The van der Waals surface area contributed by atoms with E-state index in [2.05, 4.69) is 15.6 Å². The maximum atomic E-state index is 14.2. The lowest BCUT2D eigenvalue weighted by molar-refractivity contribution is -0.137. The molecule has 3 rings (SSSR count). The predicted molar refractivity (Wildman–Crippen MR) is 89.7 cm³/mol. The molecule has 1 aliphatic rings. The number of carbonyl (C=O) groups excluding carboxylic acids is 1. The largest absolute Gasteiger partial charge is 0.418 e. The molecular formula is C18H16F5N3O2. The topological polar surface area (TPSA) is 63.2 Å². The molecule has 0 unspecified atom stereocenters. The van der Waals surface area contributed by atoms with Crippen molar-refractivity contribution < 1.29 is 31.5 Å². The van der Waals surface area contributed by atoms with Crippen molar-refractivity contribution in [3.8, 4) is 0 Å². The maximum Gasteiger partial charge on any atom is 0.418 e. The number of hydrogen-bond acceptors (Lipinski definition) is 4. The summed E-state index contributed by atoms with van der Waals surface area (Å²) >= 11 is 0. The molecular weight excluding hydrogens is 385 g/mol. The number of carbonyl (C=O) groups is 1. The average Bonchev–Trinajstić information content (AvgIpc) is 3.16. The van der Waals surface area contributed by atoms with E-state index in [4.69, 9.17) is 4.74 Å². The molecule has 1 fully saturated rings. The molecule has 1 saturated heterocycles. The average molecular weight is 401 g/mol. The first-order chi connectivity index (χ1) is 13.3. The molecule has 1 atom stereocenters. The number of nitrogens with one attached hydrogen (secondary N) is 2. The Balaban J connectivity index is 1.72. The number of halogens is 5. The molecule has 0 saturated carbocycles. The lowest BCUT2D eigenvalue weighted by atomic mass is 10.1. The molecule has 2 heterocycles. The molecule has 0 spiro atoms. The minimum atomic E-state index is -4.79. The van der Waals surface area contributed by atoms with Gasteiger partial charge in [0.05, 0.1) is 47.9 Å². The normalized spacial score (nSPS) is 16.8. The zero-order valence-corrected chi connectivity index (χ0v) is 14.4. The fraction of sp³-hybridized carbons (Fsp3) is 0.333.